The molecule has 0 saturated carbocycles. The molecule has 10 nitrogen and oxygen atoms in total. The number of anilines is 3. The molecule has 0 radical (unpaired) electrons. The van der Waals surface area contributed by atoms with Crippen molar-refractivity contribution in [2.75, 3.05) is 54.5 Å². The van der Waals surface area contributed by atoms with Gasteiger partial charge in [-0.2, -0.15) is 10.1 Å². The van der Waals surface area contributed by atoms with E-state index in [0.717, 1.165) is 39.0 Å². The summed E-state index contributed by atoms with van der Waals surface area (Å²) in [4.78, 5) is 26.5. The van der Waals surface area contributed by atoms with Crippen LogP contribution in [0.4, 0.5) is 17.5 Å². The lowest BCUT2D eigenvalue weighted by Gasteiger charge is -2.24. The molecular weight excluding hydrogens is 374 g/mol. The summed E-state index contributed by atoms with van der Waals surface area (Å²) in [7, 11) is 1.81. The van der Waals surface area contributed by atoms with Crippen LogP contribution in [0.1, 0.15) is 23.2 Å². The van der Waals surface area contributed by atoms with Crippen molar-refractivity contribution in [2.24, 2.45) is 7.05 Å². The minimum Gasteiger partial charge on any atom is -0.422 e. The van der Waals surface area contributed by atoms with Crippen molar-refractivity contribution in [3.05, 3.63) is 24.0 Å². The lowest BCUT2D eigenvalue weighted by Crippen LogP contribution is -2.36. The molecule has 5 heterocycles. The summed E-state index contributed by atoms with van der Waals surface area (Å²) < 4.78 is 13.0. The molecule has 0 atom stereocenters. The predicted molar refractivity (Wildman–Crippen MR) is 107 cm³/mol. The first kappa shape index (κ1) is 17.9. The summed E-state index contributed by atoms with van der Waals surface area (Å²) in [6, 6.07) is 2.27. The van der Waals surface area contributed by atoms with Gasteiger partial charge in [0.1, 0.15) is 5.82 Å². The Morgan fingerprint density at radius 2 is 1.90 bits per heavy atom. The van der Waals surface area contributed by atoms with Gasteiger partial charge in [0.2, 0.25) is 5.65 Å². The van der Waals surface area contributed by atoms with Crippen molar-refractivity contribution in [1.82, 2.24) is 19.7 Å². The van der Waals surface area contributed by atoms with Crippen LogP contribution in [0.25, 0.3) is 11.2 Å². The molecule has 2 aliphatic heterocycles. The van der Waals surface area contributed by atoms with Crippen LogP contribution in [0, 0.1) is 0 Å². The number of aromatic nitrogens is 4. The van der Waals surface area contributed by atoms with Crippen LogP contribution in [0.2, 0.25) is 0 Å². The molecule has 0 aliphatic carbocycles. The zero-order valence-corrected chi connectivity index (χ0v) is 16.3. The molecule has 29 heavy (non-hydrogen) atoms. The first-order chi connectivity index (χ1) is 14.2. The molecule has 10 heteroatoms. The van der Waals surface area contributed by atoms with E-state index in [1.54, 1.807) is 30.2 Å². The number of rotatable bonds is 4. The van der Waals surface area contributed by atoms with Crippen molar-refractivity contribution in [1.29, 1.82) is 0 Å². The van der Waals surface area contributed by atoms with Crippen LogP contribution < -0.4 is 15.1 Å². The maximum atomic E-state index is 13.0. The number of carbonyl (C=O) groups excluding carboxylic acids is 1. The van der Waals surface area contributed by atoms with Crippen molar-refractivity contribution in [2.45, 2.75) is 12.8 Å². The molecule has 1 N–H and O–H groups in total. The second-order valence-electron chi connectivity index (χ2n) is 7.33. The lowest BCUT2D eigenvalue weighted by atomic mass is 10.2. The van der Waals surface area contributed by atoms with E-state index in [-0.39, 0.29) is 5.91 Å². The van der Waals surface area contributed by atoms with Crippen molar-refractivity contribution >= 4 is 34.7 Å². The van der Waals surface area contributed by atoms with Gasteiger partial charge < -0.3 is 24.3 Å². The third kappa shape index (κ3) is 3.51. The molecule has 0 unspecified atom stereocenters. The van der Waals surface area contributed by atoms with E-state index in [1.807, 2.05) is 4.90 Å². The van der Waals surface area contributed by atoms with Crippen molar-refractivity contribution in [3.63, 3.8) is 0 Å². The van der Waals surface area contributed by atoms with Crippen molar-refractivity contribution < 1.29 is 13.9 Å². The molecule has 2 fully saturated rings. The maximum Gasteiger partial charge on any atom is 0.300 e. The maximum absolute atomic E-state index is 13.0. The van der Waals surface area contributed by atoms with Crippen LogP contribution in [0.3, 0.4) is 0 Å². The van der Waals surface area contributed by atoms with E-state index in [0.29, 0.717) is 47.5 Å². The van der Waals surface area contributed by atoms with Gasteiger partial charge in [-0.25, -0.2) is 4.98 Å². The molecule has 2 aliphatic rings. The summed E-state index contributed by atoms with van der Waals surface area (Å²) >= 11 is 0. The summed E-state index contributed by atoms with van der Waals surface area (Å²) in [5.41, 5.74) is 2.14. The number of morpholine rings is 1. The number of amides is 1. The molecule has 0 aromatic carbocycles. The first-order valence-corrected chi connectivity index (χ1v) is 9.86. The molecule has 1 amide bonds. The average Bonchev–Trinajstić information content (AvgIpc) is 3.48. The average molecular weight is 397 g/mol. The fraction of sp³-hybridized carbons (Fsp3) is 0.474. The largest absolute Gasteiger partial charge is 0.422 e. The number of carbonyl (C=O) groups is 1. The fourth-order valence-electron chi connectivity index (χ4n) is 3.75. The number of ether oxygens (including phenoxy) is 1. The number of nitrogens with one attached hydrogen (secondary N) is 1. The van der Waals surface area contributed by atoms with Crippen LogP contribution in [-0.4, -0.2) is 65.0 Å². The van der Waals surface area contributed by atoms with E-state index in [1.165, 1.54) is 0 Å². The molecular formula is C19H23N7O3. The lowest BCUT2D eigenvalue weighted by molar-refractivity contribution is 0.102. The second-order valence-corrected chi connectivity index (χ2v) is 7.33. The Morgan fingerprint density at radius 1 is 1.10 bits per heavy atom. The standard InChI is InChI=1S/C19H23N7O3/c1-24-12-13(11-20-24)21-18(27)14-10-15-16(22-17(14)25-4-2-3-5-25)23-19(29-15)26-6-8-28-9-7-26/h10-12H,2-9H2,1H3,(H,21,27). The van der Waals surface area contributed by atoms with Gasteiger partial charge in [-0.15, -0.1) is 0 Å². The number of oxazole rings is 1. The zero-order valence-electron chi connectivity index (χ0n) is 16.3. The Morgan fingerprint density at radius 3 is 2.62 bits per heavy atom. The highest BCUT2D eigenvalue weighted by Gasteiger charge is 2.25. The molecule has 5 rings (SSSR count). The summed E-state index contributed by atoms with van der Waals surface area (Å²) in [5, 5.41) is 7.00. The van der Waals surface area contributed by atoms with Crippen LogP contribution in [0.15, 0.2) is 22.9 Å². The summed E-state index contributed by atoms with van der Waals surface area (Å²) in [6.45, 7) is 4.48. The molecule has 0 spiro atoms. The van der Waals surface area contributed by atoms with Gasteiger partial charge in [-0.05, 0) is 12.8 Å². The minimum atomic E-state index is -0.237. The van der Waals surface area contributed by atoms with Gasteiger partial charge in [0.05, 0.1) is 30.7 Å². The molecule has 2 saturated heterocycles. The van der Waals surface area contributed by atoms with E-state index in [9.17, 15) is 4.79 Å². The van der Waals surface area contributed by atoms with E-state index in [4.69, 9.17) is 14.1 Å². The number of hydrogen-bond donors (Lipinski definition) is 1. The van der Waals surface area contributed by atoms with Gasteiger partial charge in [-0.1, -0.05) is 0 Å². The predicted octanol–water partition coefficient (Wildman–Crippen LogP) is 1.65. The van der Waals surface area contributed by atoms with Gasteiger partial charge in [0.25, 0.3) is 11.9 Å². The Bertz CT molecular complexity index is 1030. The topological polar surface area (TPSA) is 102 Å². The Kier molecular flexibility index (Phi) is 4.55. The highest BCUT2D eigenvalue weighted by atomic mass is 16.5. The Hall–Kier alpha value is -3.14. The first-order valence-electron chi connectivity index (χ1n) is 9.86. The monoisotopic (exact) mass is 397 g/mol. The summed E-state index contributed by atoms with van der Waals surface area (Å²) in [6.07, 6.45) is 5.54. The molecule has 3 aromatic heterocycles. The number of aryl methyl sites for hydroxylation is 1. The third-order valence-electron chi connectivity index (χ3n) is 5.25. The van der Waals surface area contributed by atoms with E-state index >= 15 is 0 Å². The SMILES string of the molecule is Cn1cc(NC(=O)c2cc3oc(N4CCOCC4)nc3nc2N2CCCC2)cn1. The van der Waals surface area contributed by atoms with Gasteiger partial charge >= 0.3 is 0 Å². The fourth-order valence-corrected chi connectivity index (χ4v) is 3.75. The normalized spacial score (nSPS) is 17.3. The van der Waals surface area contributed by atoms with Crippen LogP contribution >= 0.6 is 0 Å². The molecule has 3 aromatic rings. The number of hydrogen-bond acceptors (Lipinski definition) is 8. The highest BCUT2D eigenvalue weighted by Crippen LogP contribution is 2.29. The van der Waals surface area contributed by atoms with Crippen molar-refractivity contribution in [3.8, 4) is 0 Å². The Balaban J connectivity index is 1.52. The quantitative estimate of drug-likeness (QED) is 0.709. The van der Waals surface area contributed by atoms with Crippen LogP contribution in [-0.2, 0) is 11.8 Å². The second kappa shape index (κ2) is 7.36. The van der Waals surface area contributed by atoms with Gasteiger partial charge in [0.15, 0.2) is 5.58 Å². The number of fused-ring (bicyclic) bond motifs is 1. The number of pyridine rings is 1. The molecule has 152 valence electrons. The highest BCUT2D eigenvalue weighted by molar-refractivity contribution is 6.09. The summed E-state index contributed by atoms with van der Waals surface area (Å²) in [5.74, 6) is 0.414. The Labute approximate surface area is 167 Å². The smallest absolute Gasteiger partial charge is 0.300 e. The van der Waals surface area contributed by atoms with Crippen LogP contribution in [0.5, 0.6) is 0 Å². The van der Waals surface area contributed by atoms with E-state index < -0.39 is 0 Å². The number of nitrogens with zero attached hydrogens (tertiary/aromatic N) is 6. The van der Waals surface area contributed by atoms with E-state index in [2.05, 4.69) is 20.3 Å². The minimum absolute atomic E-state index is 0.237. The van der Waals surface area contributed by atoms with Gasteiger partial charge in [-0.3, -0.25) is 9.48 Å². The molecule has 0 bridgehead atoms. The zero-order chi connectivity index (χ0) is 19.8. The third-order valence-corrected chi connectivity index (χ3v) is 5.25. The van der Waals surface area contributed by atoms with Gasteiger partial charge in [0, 0.05) is 45.5 Å².